The number of H-pyrrole nitrogens is 1. The highest BCUT2D eigenvalue weighted by Crippen LogP contribution is 2.29. The molecule has 0 unspecified atom stereocenters. The number of alkyl halides is 1. The van der Waals surface area contributed by atoms with E-state index in [1.807, 2.05) is 18.7 Å². The number of halogens is 1. The highest BCUT2D eigenvalue weighted by atomic mass is 32.2. The molecule has 2 heterocycles. The number of nitrogens with zero attached hydrogens (tertiary/aromatic N) is 3. The normalized spacial score (nSPS) is 12.0. The molecule has 11 heteroatoms. The van der Waals surface area contributed by atoms with Crippen molar-refractivity contribution in [2.75, 3.05) is 11.1 Å². The van der Waals surface area contributed by atoms with E-state index in [9.17, 15) is 22.4 Å². The zero-order chi connectivity index (χ0) is 19.9. The molecular weight excluding hydrogens is 377 g/mol. The molecule has 3 aromatic rings. The van der Waals surface area contributed by atoms with Crippen molar-refractivity contribution in [3.05, 3.63) is 50.8 Å². The van der Waals surface area contributed by atoms with Crippen molar-refractivity contribution in [1.29, 1.82) is 0 Å². The minimum Gasteiger partial charge on any atom is -0.305 e. The SMILES string of the molecule is CC(C)n1nccc1-c1cc2c(=O)n(NS(C)(=O)=O)c(=O)[nH]c2cc1CF. The van der Waals surface area contributed by atoms with Crippen LogP contribution in [0.25, 0.3) is 22.2 Å². The van der Waals surface area contributed by atoms with Crippen molar-refractivity contribution in [3.63, 3.8) is 0 Å². The van der Waals surface area contributed by atoms with Crippen LogP contribution in [0.2, 0.25) is 0 Å². The van der Waals surface area contributed by atoms with Gasteiger partial charge < -0.3 is 4.98 Å². The van der Waals surface area contributed by atoms with Gasteiger partial charge in [-0.2, -0.15) is 9.77 Å². The number of hydrogen-bond acceptors (Lipinski definition) is 5. The van der Waals surface area contributed by atoms with Crippen LogP contribution in [0, 0.1) is 0 Å². The Morgan fingerprint density at radius 3 is 2.59 bits per heavy atom. The minimum atomic E-state index is -3.86. The molecular formula is C16H18FN5O4S. The highest BCUT2D eigenvalue weighted by molar-refractivity contribution is 7.91. The molecule has 2 aromatic heterocycles. The van der Waals surface area contributed by atoms with Crippen molar-refractivity contribution < 1.29 is 12.8 Å². The predicted octanol–water partition coefficient (Wildman–Crippen LogP) is 1.11. The van der Waals surface area contributed by atoms with Crippen LogP contribution in [-0.2, 0) is 16.7 Å². The summed E-state index contributed by atoms with van der Waals surface area (Å²) in [4.78, 5) is 29.0. The summed E-state index contributed by atoms with van der Waals surface area (Å²) in [6.07, 6.45) is 2.39. The third kappa shape index (κ3) is 3.50. The van der Waals surface area contributed by atoms with Crippen molar-refractivity contribution >= 4 is 20.9 Å². The van der Waals surface area contributed by atoms with Crippen LogP contribution >= 0.6 is 0 Å². The summed E-state index contributed by atoms with van der Waals surface area (Å²) in [5.74, 6) is 0. The van der Waals surface area contributed by atoms with E-state index >= 15 is 0 Å². The van der Waals surface area contributed by atoms with E-state index < -0.39 is 27.9 Å². The first kappa shape index (κ1) is 18.8. The number of hydrogen-bond donors (Lipinski definition) is 2. The van der Waals surface area contributed by atoms with E-state index in [0.717, 1.165) is 6.26 Å². The van der Waals surface area contributed by atoms with Crippen LogP contribution in [0.15, 0.2) is 34.0 Å². The van der Waals surface area contributed by atoms with Crippen molar-refractivity contribution in [2.24, 2.45) is 0 Å². The van der Waals surface area contributed by atoms with Crippen molar-refractivity contribution in [2.45, 2.75) is 26.6 Å². The highest BCUT2D eigenvalue weighted by Gasteiger charge is 2.17. The molecule has 9 nitrogen and oxygen atoms in total. The van der Waals surface area contributed by atoms with E-state index in [1.165, 1.54) is 12.1 Å². The maximum atomic E-state index is 13.6. The largest absolute Gasteiger partial charge is 0.348 e. The Hall–Kier alpha value is -2.95. The maximum absolute atomic E-state index is 13.6. The van der Waals surface area contributed by atoms with Gasteiger partial charge in [-0.3, -0.25) is 9.48 Å². The van der Waals surface area contributed by atoms with Crippen LogP contribution < -0.4 is 16.1 Å². The number of fused-ring (bicyclic) bond motifs is 1. The molecule has 27 heavy (non-hydrogen) atoms. The molecule has 0 aliphatic carbocycles. The topological polar surface area (TPSA) is 119 Å². The number of aromatic amines is 1. The zero-order valence-corrected chi connectivity index (χ0v) is 15.7. The summed E-state index contributed by atoms with van der Waals surface area (Å²) in [7, 11) is -3.86. The van der Waals surface area contributed by atoms with E-state index in [4.69, 9.17) is 0 Å². The van der Waals surface area contributed by atoms with Crippen LogP contribution in [0.5, 0.6) is 0 Å². The molecule has 1 aromatic carbocycles. The van der Waals surface area contributed by atoms with Crippen molar-refractivity contribution in [1.82, 2.24) is 19.4 Å². The third-order valence-electron chi connectivity index (χ3n) is 3.96. The number of rotatable bonds is 5. The Bertz CT molecular complexity index is 1240. The molecule has 0 fully saturated rings. The second kappa shape index (κ2) is 6.65. The number of nitrogens with one attached hydrogen (secondary N) is 2. The lowest BCUT2D eigenvalue weighted by Gasteiger charge is -2.14. The molecule has 2 N–H and O–H groups in total. The second-order valence-corrected chi connectivity index (χ2v) is 8.10. The Kier molecular flexibility index (Phi) is 4.64. The summed E-state index contributed by atoms with van der Waals surface area (Å²) >= 11 is 0. The minimum absolute atomic E-state index is 0.00250. The third-order valence-corrected chi connectivity index (χ3v) is 4.47. The van der Waals surface area contributed by atoms with E-state index in [0.29, 0.717) is 15.9 Å². The lowest BCUT2D eigenvalue weighted by molar-refractivity contribution is 0.485. The molecule has 0 saturated carbocycles. The predicted molar refractivity (Wildman–Crippen MR) is 99.5 cm³/mol. The first-order valence-corrected chi connectivity index (χ1v) is 9.91. The number of sulfonamides is 1. The Balaban J connectivity index is 2.35. The number of benzene rings is 1. The quantitative estimate of drug-likeness (QED) is 0.671. The molecule has 144 valence electrons. The molecule has 0 bridgehead atoms. The van der Waals surface area contributed by atoms with Gasteiger partial charge in [0.15, 0.2) is 0 Å². The van der Waals surface area contributed by atoms with Crippen LogP contribution in [0.3, 0.4) is 0 Å². The second-order valence-electron chi connectivity index (χ2n) is 6.38. The summed E-state index contributed by atoms with van der Waals surface area (Å²) in [6.45, 7) is 3.00. The maximum Gasteiger partial charge on any atom is 0.348 e. The summed E-state index contributed by atoms with van der Waals surface area (Å²) < 4.78 is 38.6. The molecule has 0 spiro atoms. The van der Waals surface area contributed by atoms with E-state index in [2.05, 4.69) is 10.1 Å². The van der Waals surface area contributed by atoms with Gasteiger partial charge in [0, 0.05) is 17.8 Å². The van der Waals surface area contributed by atoms with Gasteiger partial charge in [-0.1, -0.05) is 0 Å². The molecule has 0 amide bonds. The average Bonchev–Trinajstić information content (AvgIpc) is 3.06. The van der Waals surface area contributed by atoms with Gasteiger partial charge in [0.1, 0.15) is 6.67 Å². The molecule has 0 aliphatic heterocycles. The summed E-state index contributed by atoms with van der Waals surface area (Å²) in [5, 5.41) is 4.25. The molecule has 0 saturated heterocycles. The molecule has 0 aliphatic rings. The van der Waals surface area contributed by atoms with Crippen molar-refractivity contribution in [3.8, 4) is 11.3 Å². The fraction of sp³-hybridized carbons (Fsp3) is 0.312. The summed E-state index contributed by atoms with van der Waals surface area (Å²) in [5.41, 5.74) is -0.402. The lowest BCUT2D eigenvalue weighted by atomic mass is 10.0. The molecule has 0 radical (unpaired) electrons. The average molecular weight is 395 g/mol. The zero-order valence-electron chi connectivity index (χ0n) is 14.9. The molecule has 3 rings (SSSR count). The monoisotopic (exact) mass is 395 g/mol. The van der Waals surface area contributed by atoms with Gasteiger partial charge in [0.2, 0.25) is 10.0 Å². The Morgan fingerprint density at radius 2 is 2.00 bits per heavy atom. The fourth-order valence-electron chi connectivity index (χ4n) is 2.85. The molecule has 0 atom stereocenters. The fourth-order valence-corrected chi connectivity index (χ4v) is 3.34. The van der Waals surface area contributed by atoms with Gasteiger partial charge in [0.25, 0.3) is 5.56 Å². The van der Waals surface area contributed by atoms with Gasteiger partial charge in [-0.25, -0.2) is 22.4 Å². The first-order chi connectivity index (χ1) is 12.6. The standard InChI is InChI=1S/C16H18FN5O4S/c1-9(2)21-14(4-5-18-21)11-7-12-13(6-10(11)8-17)19-16(24)22(15(12)23)20-27(3,25)26/h4-7,9,20H,8H2,1-3H3,(H,19,24). The smallest absolute Gasteiger partial charge is 0.305 e. The first-order valence-electron chi connectivity index (χ1n) is 8.02. The Morgan fingerprint density at radius 1 is 1.30 bits per heavy atom. The van der Waals surface area contributed by atoms with Gasteiger partial charge in [-0.15, -0.1) is 0 Å². The van der Waals surface area contributed by atoms with Crippen LogP contribution in [-0.4, -0.2) is 34.1 Å². The van der Waals surface area contributed by atoms with Gasteiger partial charge in [-0.05, 0) is 37.6 Å². The van der Waals surface area contributed by atoms with Crippen LogP contribution in [0.4, 0.5) is 4.39 Å². The van der Waals surface area contributed by atoms with Gasteiger partial charge in [0.05, 0.1) is 22.9 Å². The van der Waals surface area contributed by atoms with E-state index in [1.54, 1.807) is 16.9 Å². The van der Waals surface area contributed by atoms with Crippen LogP contribution in [0.1, 0.15) is 25.5 Å². The Labute approximate surface area is 153 Å². The lowest BCUT2D eigenvalue weighted by Crippen LogP contribution is -2.43. The number of aromatic nitrogens is 4. The van der Waals surface area contributed by atoms with Gasteiger partial charge >= 0.3 is 5.69 Å². The van der Waals surface area contributed by atoms with E-state index in [-0.39, 0.29) is 22.5 Å². The summed E-state index contributed by atoms with van der Waals surface area (Å²) in [6, 6.07) is 4.49.